The van der Waals surface area contributed by atoms with Gasteiger partial charge in [-0.25, -0.2) is 50.8 Å². The number of nitrogens with zero attached hydrogens (tertiary/aromatic N) is 11. The first-order chi connectivity index (χ1) is 68.7. The third-order valence-corrected chi connectivity index (χ3v) is 26.8. The topological polar surface area (TPSA) is 274 Å². The lowest BCUT2D eigenvalue weighted by Crippen LogP contribution is -2.33. The van der Waals surface area contributed by atoms with Crippen LogP contribution < -0.4 is 28.4 Å². The molecule has 4 atom stereocenters. The highest BCUT2D eigenvalue weighted by atomic mass is 32.2. The predicted molar refractivity (Wildman–Crippen MR) is 507 cm³/mol. The van der Waals surface area contributed by atoms with Crippen LogP contribution in [0.15, 0.2) is 281 Å². The number of carbonyl (C=O) groups is 5. The zero-order valence-corrected chi connectivity index (χ0v) is 78.2. The van der Waals surface area contributed by atoms with Gasteiger partial charge in [0, 0.05) is 61.6 Å². The van der Waals surface area contributed by atoms with E-state index >= 15 is 0 Å². The van der Waals surface area contributed by atoms with Crippen molar-refractivity contribution in [2.24, 2.45) is 26.3 Å². The van der Waals surface area contributed by atoms with E-state index in [0.717, 1.165) is 102 Å². The maximum Gasteiger partial charge on any atom is 0.417 e. The fourth-order valence-corrected chi connectivity index (χ4v) is 19.8. The molecule has 730 valence electrons. The summed E-state index contributed by atoms with van der Waals surface area (Å²) in [5, 5.41) is 47.3. The van der Waals surface area contributed by atoms with E-state index in [9.17, 15) is 85.4 Å². The molecule has 0 aromatic heterocycles. The number of hydrogen-bond acceptors (Lipinski definition) is 22. The molecule has 143 heavy (non-hydrogen) atoms. The lowest BCUT2D eigenvalue weighted by Gasteiger charge is -2.28. The molecule has 0 N–H and O–H groups in total. The van der Waals surface area contributed by atoms with Crippen molar-refractivity contribution in [1.82, 2.24) is 20.0 Å². The van der Waals surface area contributed by atoms with Gasteiger partial charge in [0.1, 0.15) is 113 Å². The van der Waals surface area contributed by atoms with Crippen molar-refractivity contribution in [1.29, 1.82) is 15.8 Å². The van der Waals surface area contributed by atoms with Gasteiger partial charge in [0.25, 0.3) is 17.7 Å². The summed E-state index contributed by atoms with van der Waals surface area (Å²) in [6.07, 6.45) is -5.38. The Hall–Kier alpha value is -15.4. The van der Waals surface area contributed by atoms with Gasteiger partial charge >= 0.3 is 12.4 Å². The van der Waals surface area contributed by atoms with Crippen molar-refractivity contribution in [3.63, 3.8) is 0 Å². The Morgan fingerprint density at radius 1 is 0.378 bits per heavy atom. The van der Waals surface area contributed by atoms with E-state index in [1.165, 1.54) is 127 Å². The number of hydrogen-bond donors (Lipinski definition) is 0. The Bertz CT molecular complexity index is 7010. The monoisotopic (exact) mass is 2040 g/mol. The second-order valence-electron chi connectivity index (χ2n) is 31.2. The number of nitriles is 3. The van der Waals surface area contributed by atoms with Crippen LogP contribution in [-0.4, -0.2) is 104 Å². The molecule has 1 fully saturated rings. The fourth-order valence-electron chi connectivity index (χ4n) is 15.0. The summed E-state index contributed by atoms with van der Waals surface area (Å²) in [5.41, 5.74) is 0.436. The molecule has 0 spiro atoms. The Kier molecular flexibility index (Phi) is 33.8. The van der Waals surface area contributed by atoms with E-state index in [2.05, 4.69) is 25.1 Å². The molecule has 0 saturated heterocycles. The summed E-state index contributed by atoms with van der Waals surface area (Å²) in [7, 11) is 2.26. The summed E-state index contributed by atoms with van der Waals surface area (Å²) in [6.45, 7) is 0.970. The molecule has 0 bridgehead atoms. The molecule has 4 unspecified atom stereocenters. The standard InChI is InChI=1S/C33H23F7N2O4S.C24H15F4N3O3S.C23H15F2N3O2S.C23H22FN3O2S/c1-18(43)20-8-6-19(7-9-20)17-46-27-5-3-4-25(28(27)45-2)31-42(41-29(47-31)21-10-13-23(34)14-11-21)30(44)24-15-12-22(32(35,36)37)16-26(24)33(38,39)40;1-33-21-19(27)16(12-17(26)20(21)28)23(32)31-24(15-4-2-3-5-18(15)34-11-10-29)35-22(30-31)13-6-8-14(25)9-7-13;24-17-10-8-15(9-11-17)21-27-28(22(29)16-4-3-5-18(25)14-16)23(31-21)19-6-1-2-7-20(19)30-13-12-26;24-18-12-10-16(11-13-18)21-26-27(22(28)17-6-2-1-3-7-17)23(30-21)19-8-4-5-9-20(19)29-15-14-25/h3-16,31H,17H2,1-2H3;2-9,12,24H,11H2,1H3;1-11,14,23H,13H2;4-5,8-13,17,23H,1-3,6-7,15H2. The number of alkyl halides is 6. The number of ketones is 1. The molecule has 1 aliphatic carbocycles. The van der Waals surface area contributed by atoms with E-state index < -0.39 is 114 Å². The zero-order chi connectivity index (χ0) is 102. The Labute approximate surface area is 824 Å². The van der Waals surface area contributed by atoms with Gasteiger partial charge in [0.2, 0.25) is 11.7 Å². The van der Waals surface area contributed by atoms with Crippen molar-refractivity contribution >= 4 is 96.6 Å². The van der Waals surface area contributed by atoms with Crippen molar-refractivity contribution in [3.05, 3.63) is 391 Å². The summed E-state index contributed by atoms with van der Waals surface area (Å²) in [4.78, 5) is 65.4. The number of Topliss-reactive ketones (excluding diaryl/α,β-unsaturated/α-hetero) is 1. The van der Waals surface area contributed by atoms with Crippen LogP contribution >= 0.6 is 47.0 Å². The SMILES string of the molecule is COc1c(F)c(F)cc(C(=O)N2N=C(c3ccc(F)cc3)SC2c2ccccc2OCC#N)c1F.COc1c(OCc2ccc(C(C)=O)cc2)cccc1C1SC(c2ccc(F)cc2)=NN1C(=O)c1ccc(C(F)(F)F)cc1C(F)(F)F.N#CCOc1ccccc1C1SC(c2ccc(F)cc2)=NN1C(=O)C1CCCCC1.N#CCOc1ccccc1C1SC(c2ccc(F)cc2)=NN1C(=O)c1cccc(F)c1. The quantitative estimate of drug-likeness (QED) is 0.0309. The molecule has 22 nitrogen and oxygen atoms in total. The van der Waals surface area contributed by atoms with Crippen LogP contribution in [0, 0.1) is 86.4 Å². The number of thioether (sulfide) groups is 4. The van der Waals surface area contributed by atoms with Gasteiger partial charge < -0.3 is 28.4 Å². The Morgan fingerprint density at radius 2 is 0.769 bits per heavy atom. The van der Waals surface area contributed by atoms with E-state index in [4.69, 9.17) is 39.5 Å². The minimum Gasteiger partial charge on any atom is -0.492 e. The maximum atomic E-state index is 14.9. The second kappa shape index (κ2) is 46.8. The number of benzene rings is 12. The molecule has 40 heteroatoms. The van der Waals surface area contributed by atoms with Gasteiger partial charge in [0.15, 0.2) is 54.5 Å². The van der Waals surface area contributed by atoms with Crippen molar-refractivity contribution in [3.8, 4) is 52.7 Å². The molecule has 12 aromatic rings. The number of para-hydroxylation sites is 4. The zero-order valence-electron chi connectivity index (χ0n) is 74.9. The minimum absolute atomic E-state index is 0.0133. The third-order valence-electron chi connectivity index (χ3n) is 21.9. The smallest absolute Gasteiger partial charge is 0.417 e. The van der Waals surface area contributed by atoms with Gasteiger partial charge in [0.05, 0.1) is 36.5 Å². The average molecular weight is 2040 g/mol. The van der Waals surface area contributed by atoms with Crippen LogP contribution in [0.3, 0.4) is 0 Å². The van der Waals surface area contributed by atoms with E-state index in [1.54, 1.807) is 120 Å². The first-order valence-corrected chi connectivity index (χ1v) is 46.6. The summed E-state index contributed by atoms with van der Waals surface area (Å²) in [6, 6.07) is 66.8. The lowest BCUT2D eigenvalue weighted by molar-refractivity contribution is -0.143. The fraction of sp³-hybridized carbons (Fsp3) is 0.184. The van der Waals surface area contributed by atoms with Crippen LogP contribution in [0.2, 0.25) is 0 Å². The third kappa shape index (κ3) is 24.8. The Balaban J connectivity index is 0.000000154. The van der Waals surface area contributed by atoms with Crippen LogP contribution in [0.5, 0.6) is 34.5 Å². The van der Waals surface area contributed by atoms with E-state index in [1.807, 2.05) is 36.4 Å². The Morgan fingerprint density at radius 3 is 1.18 bits per heavy atom. The van der Waals surface area contributed by atoms with Crippen LogP contribution in [0.25, 0.3) is 0 Å². The summed E-state index contributed by atoms with van der Waals surface area (Å²) < 4.78 is 226. The number of halogens is 14. The highest BCUT2D eigenvalue weighted by molar-refractivity contribution is 8.15. The lowest BCUT2D eigenvalue weighted by atomic mass is 9.88. The van der Waals surface area contributed by atoms with Gasteiger partial charge in [-0.1, -0.05) is 163 Å². The minimum atomic E-state index is -5.31. The van der Waals surface area contributed by atoms with Crippen LogP contribution in [-0.2, 0) is 23.8 Å². The van der Waals surface area contributed by atoms with Crippen molar-refractivity contribution in [2.75, 3.05) is 34.0 Å². The van der Waals surface area contributed by atoms with E-state index in [-0.39, 0.29) is 100 Å². The molecule has 12 aromatic carbocycles. The normalized spacial score (nSPS) is 15.9. The molecule has 0 radical (unpaired) electrons. The largest absolute Gasteiger partial charge is 0.492 e. The molecule has 4 aliphatic heterocycles. The number of ether oxygens (including phenoxy) is 6. The molecule has 4 amide bonds. The van der Waals surface area contributed by atoms with Crippen molar-refractivity contribution < 1.29 is 114 Å². The number of hydrazone groups is 4. The summed E-state index contributed by atoms with van der Waals surface area (Å²) in [5.74, 6) is -9.21. The van der Waals surface area contributed by atoms with Gasteiger partial charge in [-0.3, -0.25) is 24.0 Å². The molecule has 1 saturated carbocycles. The number of methoxy groups -OCH3 is 2. The highest BCUT2D eigenvalue weighted by Gasteiger charge is 2.46. The number of amides is 4. The molecular formula is C103H75F14N11O11S4. The van der Waals surface area contributed by atoms with Gasteiger partial charge in [-0.2, -0.15) is 66.9 Å². The average Bonchev–Trinajstić information content (AvgIpc) is 1.71. The number of carbonyl (C=O) groups excluding carboxylic acids is 5. The second-order valence-corrected chi connectivity index (χ2v) is 35.5. The number of rotatable bonds is 24. The first-order valence-electron chi connectivity index (χ1n) is 43.1. The predicted octanol–water partition coefficient (Wildman–Crippen LogP) is 24.7. The van der Waals surface area contributed by atoms with Gasteiger partial charge in [-0.05, 0) is 189 Å². The molecule has 5 aliphatic rings. The molecule has 17 rings (SSSR count). The first kappa shape index (κ1) is 103. The van der Waals surface area contributed by atoms with Crippen LogP contribution in [0.4, 0.5) is 61.5 Å². The summed E-state index contributed by atoms with van der Waals surface area (Å²) >= 11 is 4.73. The van der Waals surface area contributed by atoms with Crippen LogP contribution in [0.1, 0.15) is 163 Å². The highest BCUT2D eigenvalue weighted by Crippen LogP contribution is 2.53. The maximum absolute atomic E-state index is 14.9. The molecule has 4 heterocycles. The van der Waals surface area contributed by atoms with Gasteiger partial charge in [-0.15, -0.1) is 0 Å². The van der Waals surface area contributed by atoms with E-state index in [0.29, 0.717) is 78.7 Å². The molecular weight excluding hydrogens is 1960 g/mol. The van der Waals surface area contributed by atoms with Crippen molar-refractivity contribution in [2.45, 2.75) is 79.5 Å².